The van der Waals surface area contributed by atoms with Crippen molar-refractivity contribution < 1.29 is 0 Å². The van der Waals surface area contributed by atoms with Gasteiger partial charge in [-0.15, -0.1) is 0 Å². The molecule has 0 saturated carbocycles. The molecule has 6 heteroatoms. The van der Waals surface area contributed by atoms with Crippen molar-refractivity contribution in [2.75, 3.05) is 10.6 Å². The number of nitriles is 1. The van der Waals surface area contributed by atoms with Crippen LogP contribution in [0.2, 0.25) is 0 Å². The lowest BCUT2D eigenvalue weighted by atomic mass is 10.1. The molecule has 138 valence electrons. The van der Waals surface area contributed by atoms with Crippen molar-refractivity contribution in [3.05, 3.63) is 72.3 Å². The van der Waals surface area contributed by atoms with Gasteiger partial charge in [-0.2, -0.15) is 5.26 Å². The van der Waals surface area contributed by atoms with Crippen LogP contribution in [0.1, 0.15) is 31.0 Å². The molecule has 3 heterocycles. The second-order valence-electron chi connectivity index (χ2n) is 6.93. The first kappa shape index (κ1) is 17.6. The molecule has 0 saturated heterocycles. The summed E-state index contributed by atoms with van der Waals surface area (Å²) in [6.45, 7) is 4.26. The molecule has 4 aromatic rings. The lowest BCUT2D eigenvalue weighted by Crippen LogP contribution is -2.00. The third kappa shape index (κ3) is 3.79. The molecule has 1 aromatic carbocycles. The molecule has 0 aliphatic carbocycles. The van der Waals surface area contributed by atoms with Crippen LogP contribution < -0.4 is 10.6 Å². The molecule has 3 aromatic heterocycles. The van der Waals surface area contributed by atoms with E-state index in [1.165, 1.54) is 0 Å². The molecular formula is C22H20N6. The summed E-state index contributed by atoms with van der Waals surface area (Å²) in [6.07, 6.45) is 5.54. The summed E-state index contributed by atoms with van der Waals surface area (Å²) < 4.78 is 0. The maximum Gasteiger partial charge on any atom is 0.144 e. The fraction of sp³-hybridized carbons (Fsp3) is 0.136. The Hall–Kier alpha value is -3.85. The Morgan fingerprint density at radius 3 is 2.68 bits per heavy atom. The van der Waals surface area contributed by atoms with Crippen molar-refractivity contribution >= 4 is 33.8 Å². The van der Waals surface area contributed by atoms with Gasteiger partial charge in [0.25, 0.3) is 0 Å². The van der Waals surface area contributed by atoms with Crippen LogP contribution in [0.4, 0.5) is 22.9 Å². The van der Waals surface area contributed by atoms with E-state index in [-0.39, 0.29) is 0 Å². The number of nitrogens with zero attached hydrogens (tertiary/aromatic N) is 3. The number of anilines is 4. The van der Waals surface area contributed by atoms with Crippen molar-refractivity contribution in [3.8, 4) is 6.07 Å². The Labute approximate surface area is 163 Å². The van der Waals surface area contributed by atoms with Gasteiger partial charge in [-0.3, -0.25) is 4.98 Å². The molecule has 0 fully saturated rings. The standard InChI is InChI=1S/C22H20N6/c1-14(2)16-7-20(13-24-12-16)26-18-8-19(11-23)28-22(10-18)27-17-4-3-15-5-6-25-21(15)9-17/h3-10,12-14,25H,1-2H3,(H2,26,27,28). The molecule has 0 amide bonds. The minimum Gasteiger partial charge on any atom is -0.361 e. The number of hydrogen-bond acceptors (Lipinski definition) is 5. The summed E-state index contributed by atoms with van der Waals surface area (Å²) in [4.78, 5) is 11.9. The van der Waals surface area contributed by atoms with Gasteiger partial charge >= 0.3 is 0 Å². The quantitative estimate of drug-likeness (QED) is 0.436. The van der Waals surface area contributed by atoms with E-state index >= 15 is 0 Å². The summed E-state index contributed by atoms with van der Waals surface area (Å²) in [6, 6.07) is 15.8. The summed E-state index contributed by atoms with van der Waals surface area (Å²) >= 11 is 0. The number of aromatic nitrogens is 3. The molecule has 0 unspecified atom stereocenters. The highest BCUT2D eigenvalue weighted by Crippen LogP contribution is 2.25. The average Bonchev–Trinajstić information content (AvgIpc) is 3.16. The first-order valence-electron chi connectivity index (χ1n) is 9.09. The normalized spacial score (nSPS) is 10.8. The second kappa shape index (κ2) is 7.41. The highest BCUT2D eigenvalue weighted by Gasteiger charge is 2.07. The van der Waals surface area contributed by atoms with Crippen molar-refractivity contribution in [3.63, 3.8) is 0 Å². The summed E-state index contributed by atoms with van der Waals surface area (Å²) in [5.74, 6) is 0.988. The fourth-order valence-corrected chi connectivity index (χ4v) is 3.01. The number of aromatic amines is 1. The van der Waals surface area contributed by atoms with Crippen LogP contribution >= 0.6 is 0 Å². The van der Waals surface area contributed by atoms with Gasteiger partial charge in [0.2, 0.25) is 0 Å². The molecular weight excluding hydrogens is 348 g/mol. The maximum absolute atomic E-state index is 9.36. The molecule has 3 N–H and O–H groups in total. The van der Waals surface area contributed by atoms with Crippen molar-refractivity contribution in [2.45, 2.75) is 19.8 Å². The monoisotopic (exact) mass is 368 g/mol. The minimum absolute atomic E-state index is 0.335. The topological polar surface area (TPSA) is 89.4 Å². The summed E-state index contributed by atoms with van der Waals surface area (Å²) in [7, 11) is 0. The Morgan fingerprint density at radius 1 is 0.964 bits per heavy atom. The number of nitrogens with one attached hydrogen (secondary N) is 3. The molecule has 0 radical (unpaired) electrons. The molecule has 0 aliphatic rings. The van der Waals surface area contributed by atoms with Gasteiger partial charge in [0.05, 0.1) is 11.9 Å². The minimum atomic E-state index is 0.335. The van der Waals surface area contributed by atoms with Crippen molar-refractivity contribution in [2.24, 2.45) is 0 Å². The van der Waals surface area contributed by atoms with Gasteiger partial charge in [-0.05, 0) is 47.2 Å². The molecule has 0 aliphatic heterocycles. The van der Waals surface area contributed by atoms with E-state index in [1.807, 2.05) is 42.7 Å². The second-order valence-corrected chi connectivity index (χ2v) is 6.93. The van der Waals surface area contributed by atoms with Crippen molar-refractivity contribution in [1.82, 2.24) is 15.0 Å². The van der Waals surface area contributed by atoms with Crippen LogP contribution in [-0.4, -0.2) is 15.0 Å². The van der Waals surface area contributed by atoms with E-state index < -0.39 is 0 Å². The third-order valence-corrected chi connectivity index (χ3v) is 4.48. The molecule has 6 nitrogen and oxygen atoms in total. The number of H-pyrrole nitrogens is 1. The zero-order chi connectivity index (χ0) is 19.5. The SMILES string of the molecule is CC(C)c1cncc(Nc2cc(C#N)nc(Nc3ccc4cc[nH]c4c3)c2)c1. The predicted molar refractivity (Wildman–Crippen MR) is 112 cm³/mol. The molecule has 0 bridgehead atoms. The number of hydrogen-bond donors (Lipinski definition) is 3. The summed E-state index contributed by atoms with van der Waals surface area (Å²) in [5, 5.41) is 17.1. The van der Waals surface area contributed by atoms with Crippen LogP contribution in [-0.2, 0) is 0 Å². The van der Waals surface area contributed by atoms with E-state index in [0.29, 0.717) is 17.4 Å². The van der Waals surface area contributed by atoms with Gasteiger partial charge in [0.1, 0.15) is 17.6 Å². The van der Waals surface area contributed by atoms with E-state index in [0.717, 1.165) is 33.5 Å². The molecule has 28 heavy (non-hydrogen) atoms. The molecule has 4 rings (SSSR count). The number of pyridine rings is 2. The molecule has 0 spiro atoms. The van der Waals surface area contributed by atoms with Crippen LogP contribution in [0.3, 0.4) is 0 Å². The third-order valence-electron chi connectivity index (χ3n) is 4.48. The van der Waals surface area contributed by atoms with E-state index in [4.69, 9.17) is 0 Å². The van der Waals surface area contributed by atoms with Crippen LogP contribution in [0.25, 0.3) is 10.9 Å². The fourth-order valence-electron chi connectivity index (χ4n) is 3.01. The Bertz CT molecular complexity index is 1170. The lowest BCUT2D eigenvalue weighted by molar-refractivity contribution is 0.859. The number of rotatable bonds is 5. The van der Waals surface area contributed by atoms with E-state index in [2.05, 4.69) is 51.6 Å². The van der Waals surface area contributed by atoms with Gasteiger partial charge in [0.15, 0.2) is 0 Å². The average molecular weight is 368 g/mol. The Balaban J connectivity index is 1.62. The number of fused-ring (bicyclic) bond motifs is 1. The largest absolute Gasteiger partial charge is 0.361 e. The summed E-state index contributed by atoms with van der Waals surface area (Å²) in [5.41, 5.74) is 5.07. The van der Waals surface area contributed by atoms with Crippen LogP contribution in [0, 0.1) is 11.3 Å². The maximum atomic E-state index is 9.36. The zero-order valence-corrected chi connectivity index (χ0v) is 15.7. The van der Waals surface area contributed by atoms with Gasteiger partial charge in [-0.25, -0.2) is 4.98 Å². The van der Waals surface area contributed by atoms with E-state index in [9.17, 15) is 5.26 Å². The zero-order valence-electron chi connectivity index (χ0n) is 15.7. The number of benzene rings is 1. The smallest absolute Gasteiger partial charge is 0.144 e. The van der Waals surface area contributed by atoms with Crippen molar-refractivity contribution in [1.29, 1.82) is 5.26 Å². The highest BCUT2D eigenvalue weighted by atomic mass is 15.0. The van der Waals surface area contributed by atoms with Gasteiger partial charge < -0.3 is 15.6 Å². The predicted octanol–water partition coefficient (Wildman–Crippen LogP) is 5.44. The first-order chi connectivity index (χ1) is 13.6. The van der Waals surface area contributed by atoms with Crippen LogP contribution in [0.15, 0.2) is 61.1 Å². The lowest BCUT2D eigenvalue weighted by Gasteiger charge is -2.12. The first-order valence-corrected chi connectivity index (χ1v) is 9.09. The Morgan fingerprint density at radius 2 is 1.86 bits per heavy atom. The Kier molecular flexibility index (Phi) is 4.65. The van der Waals surface area contributed by atoms with Gasteiger partial charge in [-0.1, -0.05) is 19.9 Å². The van der Waals surface area contributed by atoms with Crippen LogP contribution in [0.5, 0.6) is 0 Å². The van der Waals surface area contributed by atoms with E-state index in [1.54, 1.807) is 12.3 Å². The molecule has 0 atom stereocenters. The highest BCUT2D eigenvalue weighted by molar-refractivity contribution is 5.83. The van der Waals surface area contributed by atoms with Gasteiger partial charge in [0, 0.05) is 35.4 Å².